The second-order valence-corrected chi connectivity index (χ2v) is 12.8. The van der Waals surface area contributed by atoms with Gasteiger partial charge in [0.1, 0.15) is 18.0 Å². The highest BCUT2D eigenvalue weighted by atomic mass is 19.4. The number of piperidine rings is 1. The van der Waals surface area contributed by atoms with E-state index in [0.29, 0.717) is 44.8 Å². The lowest BCUT2D eigenvalue weighted by Gasteiger charge is -2.38. The smallest absolute Gasteiger partial charge is 0.435 e. The molecule has 0 saturated carbocycles. The Hall–Kier alpha value is -5.21. The van der Waals surface area contributed by atoms with Crippen molar-refractivity contribution in [1.82, 2.24) is 20.0 Å². The zero-order valence-electron chi connectivity index (χ0n) is 27.2. The van der Waals surface area contributed by atoms with E-state index in [1.165, 1.54) is 18.2 Å². The molecule has 2 aliphatic heterocycles. The fraction of sp³-hybridized carbons (Fsp3) is 0.412. The Kier molecular flexibility index (Phi) is 10.4. The minimum Gasteiger partial charge on any atom is -0.483 e. The van der Waals surface area contributed by atoms with E-state index in [4.69, 9.17) is 14.2 Å². The lowest BCUT2D eigenvalue weighted by atomic mass is 9.89. The van der Waals surface area contributed by atoms with Crippen molar-refractivity contribution in [3.8, 4) is 17.4 Å². The monoisotopic (exact) mass is 683 g/mol. The van der Waals surface area contributed by atoms with E-state index in [1.54, 1.807) is 28.0 Å². The maximum absolute atomic E-state index is 13.3. The van der Waals surface area contributed by atoms with E-state index in [0.717, 1.165) is 17.7 Å². The number of amides is 2. The number of ether oxygens (including phenoxy) is 3. The molecule has 3 aromatic rings. The lowest BCUT2D eigenvalue weighted by Crippen LogP contribution is -2.50. The molecule has 0 spiro atoms. The number of nitrogens with zero attached hydrogens (tertiary/aromatic N) is 5. The molecule has 2 fully saturated rings. The van der Waals surface area contributed by atoms with Gasteiger partial charge in [-0.25, -0.2) is 4.79 Å². The van der Waals surface area contributed by atoms with Crippen LogP contribution in [0.3, 0.4) is 0 Å². The van der Waals surface area contributed by atoms with Crippen LogP contribution in [0.25, 0.3) is 0 Å². The highest BCUT2D eigenvalue weighted by molar-refractivity contribution is 5.95. The number of carbonyl (C=O) groups is 2. The van der Waals surface area contributed by atoms with Gasteiger partial charge in [-0.05, 0) is 75.4 Å². The first-order chi connectivity index (χ1) is 23.2. The molecule has 2 amide bonds. The van der Waals surface area contributed by atoms with Gasteiger partial charge in [0.15, 0.2) is 11.4 Å². The number of hydrogen-bond acceptors (Lipinski definition) is 9. The number of nitro benzene ring substituents is 1. The molecule has 5 rings (SSSR count). The van der Waals surface area contributed by atoms with Crippen molar-refractivity contribution >= 4 is 17.7 Å². The summed E-state index contributed by atoms with van der Waals surface area (Å²) in [4.78, 5) is 39.9. The SMILES string of the molecule is CC(C)(C)OC(=O)N1CC(/C=C/COc2ccc(C(=O)N3CCC(c4ccc(Oc5ccc(C(F)(F)F)nn5)cc4)CC3)cc2[N+](=O)[O-])C1. The van der Waals surface area contributed by atoms with E-state index in [1.807, 2.05) is 39.0 Å². The first-order valence-electron chi connectivity index (χ1n) is 15.7. The first kappa shape index (κ1) is 35.1. The molecular weight excluding hydrogens is 647 g/mol. The highest BCUT2D eigenvalue weighted by Crippen LogP contribution is 2.33. The number of nitro groups is 1. The second kappa shape index (κ2) is 14.5. The largest absolute Gasteiger partial charge is 0.483 e. The summed E-state index contributed by atoms with van der Waals surface area (Å²) in [5.41, 5.74) is -0.768. The molecule has 15 heteroatoms. The molecule has 260 valence electrons. The van der Waals surface area contributed by atoms with Crippen LogP contribution in [0.2, 0.25) is 0 Å². The van der Waals surface area contributed by atoms with Crippen molar-refractivity contribution in [2.45, 2.75) is 51.3 Å². The predicted octanol–water partition coefficient (Wildman–Crippen LogP) is 7.02. The summed E-state index contributed by atoms with van der Waals surface area (Å²) in [6, 6.07) is 13.2. The minimum absolute atomic E-state index is 0.0479. The van der Waals surface area contributed by atoms with Gasteiger partial charge < -0.3 is 24.0 Å². The standard InChI is InChI=1S/C34H36F3N5O7/c1-33(2,3)49-32(44)41-20-22(21-41)5-4-18-47-28-11-8-25(19-27(28)42(45)46)31(43)40-16-14-24(15-17-40)23-6-9-26(10-7-23)48-30-13-12-29(38-39-30)34(35,36)37/h4-13,19,22,24H,14-18,20-21H2,1-3H3/b5-4+. The number of rotatable bonds is 9. The Balaban J connectivity index is 1.09. The van der Waals surface area contributed by atoms with E-state index in [2.05, 4.69) is 10.2 Å². The minimum atomic E-state index is -4.59. The van der Waals surface area contributed by atoms with E-state index in [9.17, 15) is 32.9 Å². The molecule has 2 saturated heterocycles. The fourth-order valence-corrected chi connectivity index (χ4v) is 5.46. The van der Waals surface area contributed by atoms with Crippen LogP contribution < -0.4 is 9.47 Å². The van der Waals surface area contributed by atoms with Gasteiger partial charge in [-0.15, -0.1) is 10.2 Å². The highest BCUT2D eigenvalue weighted by Gasteiger charge is 2.34. The number of likely N-dealkylation sites (tertiary alicyclic amines) is 2. The van der Waals surface area contributed by atoms with Crippen LogP contribution in [0.15, 0.2) is 66.7 Å². The maximum atomic E-state index is 13.3. The number of hydrogen-bond donors (Lipinski definition) is 0. The summed E-state index contributed by atoms with van der Waals surface area (Å²) in [6.45, 7) is 7.45. The van der Waals surface area contributed by atoms with Crippen LogP contribution >= 0.6 is 0 Å². The Labute approximate surface area is 280 Å². The number of alkyl halides is 3. The molecule has 1 aromatic heterocycles. The molecule has 0 aliphatic carbocycles. The second-order valence-electron chi connectivity index (χ2n) is 12.8. The van der Waals surface area contributed by atoms with E-state index < -0.39 is 22.4 Å². The van der Waals surface area contributed by atoms with E-state index in [-0.39, 0.29) is 53.3 Å². The third kappa shape index (κ3) is 9.24. The first-order valence-corrected chi connectivity index (χ1v) is 15.7. The molecule has 0 unspecified atom stereocenters. The zero-order chi connectivity index (χ0) is 35.3. The summed E-state index contributed by atoms with van der Waals surface area (Å²) in [5.74, 6) is 0.353. The topological polar surface area (TPSA) is 137 Å². The van der Waals surface area contributed by atoms with Crippen LogP contribution in [0.4, 0.5) is 23.7 Å². The Morgan fingerprint density at radius 1 is 0.980 bits per heavy atom. The van der Waals surface area contributed by atoms with E-state index >= 15 is 0 Å². The summed E-state index contributed by atoms with van der Waals surface area (Å²) in [7, 11) is 0. The van der Waals surface area contributed by atoms with Crippen LogP contribution in [0, 0.1) is 16.0 Å². The van der Waals surface area contributed by atoms with Crippen molar-refractivity contribution in [3.05, 3.63) is 93.7 Å². The van der Waals surface area contributed by atoms with Crippen molar-refractivity contribution in [2.75, 3.05) is 32.8 Å². The average Bonchev–Trinajstić information content (AvgIpc) is 3.03. The summed E-state index contributed by atoms with van der Waals surface area (Å²) < 4.78 is 54.6. The van der Waals surface area contributed by atoms with Gasteiger partial charge in [0.05, 0.1) is 4.92 Å². The summed E-state index contributed by atoms with van der Waals surface area (Å²) in [6.07, 6.45) is 0.0363. The molecule has 2 aromatic carbocycles. The zero-order valence-corrected chi connectivity index (χ0v) is 27.2. The third-order valence-electron chi connectivity index (χ3n) is 7.99. The van der Waals surface area contributed by atoms with Crippen LogP contribution in [-0.2, 0) is 10.9 Å². The van der Waals surface area contributed by atoms with Crippen LogP contribution in [-0.4, -0.2) is 75.3 Å². The van der Waals surface area contributed by atoms with Gasteiger partial charge in [0.2, 0.25) is 5.88 Å². The molecule has 2 aliphatic rings. The van der Waals surface area contributed by atoms with Gasteiger partial charge in [-0.1, -0.05) is 24.3 Å². The molecule has 0 radical (unpaired) electrons. The maximum Gasteiger partial charge on any atom is 0.435 e. The molecule has 0 bridgehead atoms. The number of aromatic nitrogens is 2. The fourth-order valence-electron chi connectivity index (χ4n) is 5.46. The number of halogens is 3. The third-order valence-corrected chi connectivity index (χ3v) is 7.99. The normalized spacial score (nSPS) is 16.0. The van der Waals surface area contributed by atoms with Crippen molar-refractivity contribution in [2.24, 2.45) is 5.92 Å². The molecule has 0 atom stereocenters. The number of benzene rings is 2. The lowest BCUT2D eigenvalue weighted by molar-refractivity contribution is -0.385. The number of carbonyl (C=O) groups excluding carboxylic acids is 2. The Morgan fingerprint density at radius 3 is 2.27 bits per heavy atom. The van der Waals surface area contributed by atoms with Crippen molar-refractivity contribution in [3.63, 3.8) is 0 Å². The Bertz CT molecular complexity index is 1680. The van der Waals surface area contributed by atoms with Gasteiger partial charge in [0.25, 0.3) is 5.91 Å². The molecular formula is C34H36F3N5O7. The molecule has 0 N–H and O–H groups in total. The average molecular weight is 684 g/mol. The van der Waals surface area contributed by atoms with Gasteiger partial charge in [-0.2, -0.15) is 13.2 Å². The molecule has 3 heterocycles. The van der Waals surface area contributed by atoms with Crippen molar-refractivity contribution in [1.29, 1.82) is 0 Å². The summed E-state index contributed by atoms with van der Waals surface area (Å²) >= 11 is 0. The van der Waals surface area contributed by atoms with Gasteiger partial charge >= 0.3 is 18.0 Å². The van der Waals surface area contributed by atoms with Crippen LogP contribution in [0.5, 0.6) is 17.4 Å². The van der Waals surface area contributed by atoms with Crippen molar-refractivity contribution < 1.29 is 41.9 Å². The quantitative estimate of drug-likeness (QED) is 0.132. The Morgan fingerprint density at radius 2 is 1.67 bits per heavy atom. The van der Waals surface area contributed by atoms with Gasteiger partial charge in [0, 0.05) is 49.8 Å². The predicted molar refractivity (Wildman–Crippen MR) is 170 cm³/mol. The van der Waals surface area contributed by atoms with Crippen LogP contribution in [0.1, 0.15) is 61.1 Å². The molecule has 49 heavy (non-hydrogen) atoms. The van der Waals surface area contributed by atoms with Gasteiger partial charge in [-0.3, -0.25) is 14.9 Å². The summed E-state index contributed by atoms with van der Waals surface area (Å²) in [5, 5.41) is 18.4. The molecule has 12 nitrogen and oxygen atoms in total.